The molecule has 8 heteroatoms. The lowest BCUT2D eigenvalue weighted by molar-refractivity contribution is -0.122. The second-order valence-electron chi connectivity index (χ2n) is 9.51. The molecule has 0 aliphatic carbocycles. The fraction of sp³-hybridized carbons (Fsp3) is 0.321. The quantitative estimate of drug-likeness (QED) is 0.372. The molecule has 2 aliphatic heterocycles. The lowest BCUT2D eigenvalue weighted by Crippen LogP contribution is -2.22. The van der Waals surface area contributed by atoms with Gasteiger partial charge in [0.2, 0.25) is 0 Å². The summed E-state index contributed by atoms with van der Waals surface area (Å²) in [4.78, 5) is 28.9. The van der Waals surface area contributed by atoms with Crippen molar-refractivity contribution in [1.82, 2.24) is 24.6 Å². The minimum atomic E-state index is -0.427. The molecule has 36 heavy (non-hydrogen) atoms. The van der Waals surface area contributed by atoms with Crippen LogP contribution in [0.5, 0.6) is 0 Å². The van der Waals surface area contributed by atoms with Crippen LogP contribution < -0.4 is 5.32 Å². The van der Waals surface area contributed by atoms with Crippen LogP contribution in [0.4, 0.5) is 0 Å². The molecule has 4 heterocycles. The monoisotopic (exact) mass is 501 g/mol. The number of nitrogens with zero attached hydrogens (tertiary/aromatic N) is 4. The van der Waals surface area contributed by atoms with Crippen molar-refractivity contribution in [3.8, 4) is 0 Å². The Balaban J connectivity index is 1.49. The van der Waals surface area contributed by atoms with Crippen molar-refractivity contribution in [2.45, 2.75) is 39.3 Å². The van der Waals surface area contributed by atoms with Crippen LogP contribution in [0.2, 0.25) is 5.02 Å². The highest BCUT2D eigenvalue weighted by Gasteiger charge is 2.36. The largest absolute Gasteiger partial charge is 0.347 e. The zero-order valence-electron chi connectivity index (χ0n) is 20.3. The zero-order chi connectivity index (χ0) is 24.8. The topological polar surface area (TPSA) is 72.2 Å². The van der Waals surface area contributed by atoms with E-state index in [4.69, 9.17) is 16.7 Å². The number of carbonyl (C=O) groups is 2. The Bertz CT molecular complexity index is 1540. The second kappa shape index (κ2) is 9.22. The molecular formula is C28H28ClN5O2. The summed E-state index contributed by atoms with van der Waals surface area (Å²) >= 11 is 6.32. The summed E-state index contributed by atoms with van der Waals surface area (Å²) < 4.78 is 4.05. The van der Waals surface area contributed by atoms with Crippen molar-refractivity contribution in [1.29, 1.82) is 0 Å². The number of rotatable bonds is 7. The van der Waals surface area contributed by atoms with E-state index in [0.29, 0.717) is 28.4 Å². The van der Waals surface area contributed by atoms with Crippen LogP contribution in [0.3, 0.4) is 0 Å². The van der Waals surface area contributed by atoms with Crippen molar-refractivity contribution in [3.63, 3.8) is 0 Å². The number of fused-ring (bicyclic) bond motifs is 2. The number of carbonyl (C=O) groups excluding carboxylic acids is 2. The highest BCUT2D eigenvalue weighted by Crippen LogP contribution is 2.38. The molecule has 2 aromatic carbocycles. The lowest BCUT2D eigenvalue weighted by atomic mass is 9.97. The number of benzene rings is 2. The molecule has 184 valence electrons. The average Bonchev–Trinajstić information content (AvgIpc) is 3.64. The van der Waals surface area contributed by atoms with E-state index < -0.39 is 11.8 Å². The van der Waals surface area contributed by atoms with Gasteiger partial charge in [-0.3, -0.25) is 19.6 Å². The molecule has 7 nitrogen and oxygen atoms in total. The molecule has 6 rings (SSSR count). The van der Waals surface area contributed by atoms with Gasteiger partial charge >= 0.3 is 0 Å². The highest BCUT2D eigenvalue weighted by atomic mass is 35.5. The van der Waals surface area contributed by atoms with Crippen LogP contribution in [0.15, 0.2) is 48.7 Å². The Morgan fingerprint density at radius 1 is 0.944 bits per heavy atom. The van der Waals surface area contributed by atoms with E-state index in [0.717, 1.165) is 46.9 Å². The van der Waals surface area contributed by atoms with Crippen LogP contribution in [0.1, 0.15) is 37.4 Å². The summed E-state index contributed by atoms with van der Waals surface area (Å²) in [5.41, 5.74) is 3.85. The van der Waals surface area contributed by atoms with E-state index in [1.807, 2.05) is 54.2 Å². The fourth-order valence-electron chi connectivity index (χ4n) is 5.62. The molecule has 1 saturated heterocycles. The van der Waals surface area contributed by atoms with Gasteiger partial charge in [0.05, 0.1) is 16.7 Å². The first-order valence-electron chi connectivity index (χ1n) is 12.6. The van der Waals surface area contributed by atoms with Gasteiger partial charge in [-0.25, -0.2) is 0 Å². The van der Waals surface area contributed by atoms with Gasteiger partial charge < -0.3 is 9.47 Å². The Morgan fingerprint density at radius 2 is 1.72 bits per heavy atom. The second-order valence-corrected chi connectivity index (χ2v) is 9.95. The molecule has 1 fully saturated rings. The minimum Gasteiger partial charge on any atom is -0.347 e. The Hall–Kier alpha value is -3.42. The number of para-hydroxylation sites is 1. The molecule has 0 atom stereocenters. The summed E-state index contributed by atoms with van der Waals surface area (Å²) in [6.45, 7) is 6.90. The number of hydrogen-bond donors (Lipinski definition) is 1. The van der Waals surface area contributed by atoms with Crippen molar-refractivity contribution in [2.24, 2.45) is 0 Å². The Labute approximate surface area is 214 Å². The lowest BCUT2D eigenvalue weighted by Gasteiger charge is -2.14. The van der Waals surface area contributed by atoms with Crippen molar-refractivity contribution >= 4 is 56.4 Å². The smallest absolute Gasteiger partial charge is 0.261 e. The van der Waals surface area contributed by atoms with Crippen LogP contribution in [0.25, 0.3) is 33.0 Å². The first kappa shape index (κ1) is 23.0. The molecule has 1 N–H and O–H groups in total. The van der Waals surface area contributed by atoms with Gasteiger partial charge in [0, 0.05) is 46.2 Å². The SMILES string of the molecule is CCn1nc(C2=C(c3cn(CCCN4CCCC4)c4ccccc34)C(=O)NC2=O)c2cc(Cl)ccc21. The zero-order valence-corrected chi connectivity index (χ0v) is 21.0. The Morgan fingerprint density at radius 3 is 2.53 bits per heavy atom. The van der Waals surface area contributed by atoms with Gasteiger partial charge in [0.25, 0.3) is 11.8 Å². The number of hydrogen-bond acceptors (Lipinski definition) is 4. The van der Waals surface area contributed by atoms with Gasteiger partial charge in [-0.15, -0.1) is 0 Å². The van der Waals surface area contributed by atoms with Gasteiger partial charge in [0.15, 0.2) is 0 Å². The average molecular weight is 502 g/mol. The molecule has 0 saturated carbocycles. The van der Waals surface area contributed by atoms with Crippen LogP contribution in [0, 0.1) is 0 Å². The maximum absolute atomic E-state index is 13.2. The summed E-state index contributed by atoms with van der Waals surface area (Å²) in [5.74, 6) is -0.820. The van der Waals surface area contributed by atoms with E-state index in [9.17, 15) is 9.59 Å². The molecule has 0 bridgehead atoms. The molecule has 2 aliphatic rings. The first-order chi connectivity index (χ1) is 17.5. The summed E-state index contributed by atoms with van der Waals surface area (Å²) in [6.07, 6.45) is 5.61. The van der Waals surface area contributed by atoms with E-state index in [1.165, 1.54) is 25.9 Å². The van der Waals surface area contributed by atoms with E-state index in [1.54, 1.807) is 0 Å². The maximum atomic E-state index is 13.2. The third kappa shape index (κ3) is 3.83. The minimum absolute atomic E-state index is 0.305. The first-order valence-corrected chi connectivity index (χ1v) is 13.0. The number of likely N-dealkylation sites (tertiary alicyclic amines) is 1. The summed E-state index contributed by atoms with van der Waals surface area (Å²) in [6, 6.07) is 13.6. The normalized spacial score (nSPS) is 16.7. The summed E-state index contributed by atoms with van der Waals surface area (Å²) in [7, 11) is 0. The van der Waals surface area contributed by atoms with Crippen molar-refractivity contribution < 1.29 is 9.59 Å². The summed E-state index contributed by atoms with van der Waals surface area (Å²) in [5, 5.41) is 9.54. The predicted octanol–water partition coefficient (Wildman–Crippen LogP) is 4.72. The van der Waals surface area contributed by atoms with Gasteiger partial charge in [0.1, 0.15) is 5.69 Å². The number of nitrogens with one attached hydrogen (secondary N) is 1. The number of imide groups is 1. The van der Waals surface area contributed by atoms with E-state index in [-0.39, 0.29) is 0 Å². The van der Waals surface area contributed by atoms with Crippen LogP contribution >= 0.6 is 11.6 Å². The third-order valence-corrected chi connectivity index (χ3v) is 7.55. The van der Waals surface area contributed by atoms with Crippen LogP contribution in [-0.4, -0.2) is 50.7 Å². The maximum Gasteiger partial charge on any atom is 0.261 e. The van der Waals surface area contributed by atoms with Gasteiger partial charge in [-0.05, 0) is 70.1 Å². The molecule has 0 radical (unpaired) electrons. The fourth-order valence-corrected chi connectivity index (χ4v) is 5.79. The van der Waals surface area contributed by atoms with Gasteiger partial charge in [-0.2, -0.15) is 5.10 Å². The molecule has 2 aromatic heterocycles. The standard InChI is InChI=1S/C28H28ClN5O2/c1-2-34-23-11-10-18(29)16-20(23)26(31-34)25-24(27(35)30-28(25)36)21-17-33(22-9-4-3-8-19(21)22)15-7-14-32-12-5-6-13-32/h3-4,8-11,16-17H,2,5-7,12-15H2,1H3,(H,30,35,36). The Kier molecular flexibility index (Phi) is 5.90. The third-order valence-electron chi connectivity index (χ3n) is 7.31. The highest BCUT2D eigenvalue weighted by molar-refractivity contribution is 6.50. The van der Waals surface area contributed by atoms with Crippen molar-refractivity contribution in [3.05, 3.63) is 64.9 Å². The molecule has 0 spiro atoms. The molecular weight excluding hydrogens is 474 g/mol. The van der Waals surface area contributed by atoms with Crippen molar-refractivity contribution in [2.75, 3.05) is 19.6 Å². The molecule has 0 unspecified atom stereocenters. The number of amides is 2. The van der Waals surface area contributed by atoms with Gasteiger partial charge in [-0.1, -0.05) is 29.8 Å². The number of halogens is 1. The number of aryl methyl sites for hydroxylation is 2. The van der Waals surface area contributed by atoms with Crippen LogP contribution in [-0.2, 0) is 22.7 Å². The van der Waals surface area contributed by atoms with E-state index >= 15 is 0 Å². The number of aromatic nitrogens is 3. The van der Waals surface area contributed by atoms with E-state index in [2.05, 4.69) is 20.9 Å². The predicted molar refractivity (Wildman–Crippen MR) is 143 cm³/mol. The molecule has 2 amide bonds. The molecule has 4 aromatic rings.